The van der Waals surface area contributed by atoms with Crippen molar-refractivity contribution in [2.45, 2.75) is 82.1 Å². The fourth-order valence-electron chi connectivity index (χ4n) is 8.90. The van der Waals surface area contributed by atoms with Gasteiger partial charge in [-0.15, -0.1) is 8.42 Å². The number of aliphatic hydroxyl groups is 4. The van der Waals surface area contributed by atoms with Crippen LogP contribution in [0.3, 0.4) is 0 Å². The van der Waals surface area contributed by atoms with Gasteiger partial charge in [0.15, 0.2) is 23.2 Å². The lowest BCUT2D eigenvalue weighted by molar-refractivity contribution is -0.271. The van der Waals surface area contributed by atoms with Crippen LogP contribution >= 0.6 is 0 Å². The molecule has 1 aliphatic carbocycles. The second kappa shape index (κ2) is 21.1. The third kappa shape index (κ3) is 10.2. The molecule has 1 unspecified atom stereocenters. The SMILES string of the molecule is CC[C@@]1(O)C(=O)OCc2c1cc1n(c2=O)Cc2c-1nc1ccc(OS(=O)(=O)Oc3cc(C(=O)N(C)CCOCCOCCOCCN=[N+]=[N-])ccc3OC3O[C@H](C(=O)O)[C@@H](O)[C@H](O)[C@H]3O)c3c1c2CCC3. The molecular formula is C45H50N6O19S. The normalized spacial score (nSPS) is 22.1. The Labute approximate surface area is 403 Å². The number of aryl methyl sites for hydroxylation is 2. The Hall–Kier alpha value is -6.45. The van der Waals surface area contributed by atoms with Gasteiger partial charge in [0.1, 0.15) is 30.7 Å². The first-order valence-corrected chi connectivity index (χ1v) is 23.8. The summed E-state index contributed by atoms with van der Waals surface area (Å²) < 4.78 is 73.0. The van der Waals surface area contributed by atoms with Crippen molar-refractivity contribution in [2.24, 2.45) is 5.11 Å². The maximum absolute atomic E-state index is 14.0. The van der Waals surface area contributed by atoms with Gasteiger partial charge in [0.25, 0.3) is 11.5 Å². The number of aromatic nitrogens is 2. The third-order valence-corrected chi connectivity index (χ3v) is 13.3. The van der Waals surface area contributed by atoms with E-state index < -0.39 is 81.6 Å². The first kappa shape index (κ1) is 50.9. The van der Waals surface area contributed by atoms with Gasteiger partial charge in [-0.05, 0) is 73.2 Å². The lowest BCUT2D eigenvalue weighted by Crippen LogP contribution is -2.61. The molecular weight excluding hydrogens is 961 g/mol. The second-order valence-electron chi connectivity index (χ2n) is 16.9. The van der Waals surface area contributed by atoms with Crippen molar-refractivity contribution in [1.82, 2.24) is 14.5 Å². The van der Waals surface area contributed by atoms with Crippen LogP contribution in [-0.2, 0) is 75.3 Å². The predicted octanol–water partition coefficient (Wildman–Crippen LogP) is 0.974. The van der Waals surface area contributed by atoms with Crippen LogP contribution in [0.1, 0.15) is 57.9 Å². The van der Waals surface area contributed by atoms with E-state index in [0.29, 0.717) is 52.7 Å². The number of carbonyl (C=O) groups excluding carboxylic acids is 2. The molecule has 5 N–H and O–H groups in total. The minimum atomic E-state index is -5.16. The van der Waals surface area contributed by atoms with E-state index in [-0.39, 0.29) is 94.7 Å². The van der Waals surface area contributed by atoms with Gasteiger partial charge in [-0.2, -0.15) is 0 Å². The summed E-state index contributed by atoms with van der Waals surface area (Å²) in [5.41, 5.74) is 9.30. The van der Waals surface area contributed by atoms with Gasteiger partial charge in [0, 0.05) is 52.7 Å². The molecule has 4 aliphatic rings. The van der Waals surface area contributed by atoms with Crippen LogP contribution in [0.25, 0.3) is 32.7 Å². The zero-order chi connectivity index (χ0) is 50.8. The van der Waals surface area contributed by atoms with E-state index in [1.807, 2.05) is 0 Å². The number of carboxylic acid groups (broad SMARTS) is 1. The van der Waals surface area contributed by atoms with Crippen molar-refractivity contribution in [3.63, 3.8) is 0 Å². The number of fused-ring (bicyclic) bond motifs is 5. The number of hydrogen-bond donors (Lipinski definition) is 5. The summed E-state index contributed by atoms with van der Waals surface area (Å²) in [6, 6.07) is 7.84. The van der Waals surface area contributed by atoms with Crippen LogP contribution in [0.5, 0.6) is 17.2 Å². The molecule has 0 bridgehead atoms. The van der Waals surface area contributed by atoms with E-state index in [0.717, 1.165) is 17.7 Å². The third-order valence-electron chi connectivity index (χ3n) is 12.6. The summed E-state index contributed by atoms with van der Waals surface area (Å²) in [5, 5.41) is 56.2. The van der Waals surface area contributed by atoms with Gasteiger partial charge in [-0.1, -0.05) is 12.0 Å². The fraction of sp³-hybridized carbons (Fsp3) is 0.489. The molecule has 0 saturated carbocycles. The molecule has 3 aliphatic heterocycles. The van der Waals surface area contributed by atoms with Crippen molar-refractivity contribution >= 4 is 39.1 Å². The number of nitrogens with zero attached hydrogens (tertiary/aromatic N) is 6. The number of rotatable bonds is 21. The van der Waals surface area contributed by atoms with Crippen LogP contribution in [-0.4, -0.2) is 157 Å². The number of azide groups is 1. The summed E-state index contributed by atoms with van der Waals surface area (Å²) in [5.74, 6) is -4.50. The summed E-state index contributed by atoms with van der Waals surface area (Å²) in [6.45, 7) is 3.01. The minimum absolute atomic E-state index is 0.0315. The monoisotopic (exact) mass is 1010 g/mol. The largest absolute Gasteiger partial charge is 0.501 e. The van der Waals surface area contributed by atoms with Crippen LogP contribution in [0.4, 0.5) is 0 Å². The Morgan fingerprint density at radius 1 is 0.915 bits per heavy atom. The Morgan fingerprint density at radius 2 is 1.61 bits per heavy atom. The molecule has 26 heteroatoms. The first-order valence-electron chi connectivity index (χ1n) is 22.5. The van der Waals surface area contributed by atoms with Crippen molar-refractivity contribution in [3.05, 3.63) is 90.6 Å². The average molecular weight is 1010 g/mol. The molecule has 5 heterocycles. The number of esters is 1. The summed E-state index contributed by atoms with van der Waals surface area (Å²) in [7, 11) is -3.70. The molecule has 0 spiro atoms. The topological polar surface area (TPSA) is 347 Å². The molecule has 380 valence electrons. The highest BCUT2D eigenvalue weighted by atomic mass is 32.3. The van der Waals surface area contributed by atoms with Crippen molar-refractivity contribution < 1.29 is 85.1 Å². The van der Waals surface area contributed by atoms with Crippen molar-refractivity contribution in [1.29, 1.82) is 0 Å². The second-order valence-corrected chi connectivity index (χ2v) is 18.1. The zero-order valence-electron chi connectivity index (χ0n) is 38.3. The summed E-state index contributed by atoms with van der Waals surface area (Å²) in [4.78, 5) is 60.9. The lowest BCUT2D eigenvalue weighted by atomic mass is 9.85. The molecule has 25 nitrogen and oxygen atoms in total. The number of benzene rings is 2. The van der Waals surface area contributed by atoms with Crippen molar-refractivity contribution in [2.75, 3.05) is 59.8 Å². The van der Waals surface area contributed by atoms with Gasteiger partial charge in [-0.3, -0.25) is 9.59 Å². The summed E-state index contributed by atoms with van der Waals surface area (Å²) >= 11 is 0. The van der Waals surface area contributed by atoms with Crippen LogP contribution < -0.4 is 18.7 Å². The Morgan fingerprint density at radius 3 is 2.32 bits per heavy atom. The molecule has 71 heavy (non-hydrogen) atoms. The first-order chi connectivity index (χ1) is 34.0. The number of aliphatic hydroxyl groups excluding tert-OH is 3. The van der Waals surface area contributed by atoms with Gasteiger partial charge in [0.05, 0.1) is 68.7 Å². The molecule has 1 fully saturated rings. The number of carbonyl (C=O) groups is 3. The smallest absolute Gasteiger partial charge is 0.479 e. The van der Waals surface area contributed by atoms with Gasteiger partial charge in [-0.25, -0.2) is 14.6 Å². The van der Waals surface area contributed by atoms with Gasteiger partial charge >= 0.3 is 22.3 Å². The molecule has 2 aromatic carbocycles. The predicted molar refractivity (Wildman–Crippen MR) is 242 cm³/mol. The Kier molecular flexibility index (Phi) is 15.1. The minimum Gasteiger partial charge on any atom is -0.479 e. The van der Waals surface area contributed by atoms with Gasteiger partial charge in [0.2, 0.25) is 6.29 Å². The van der Waals surface area contributed by atoms with E-state index in [1.54, 1.807) is 13.0 Å². The number of carboxylic acids is 1. The molecule has 4 aromatic rings. The maximum Gasteiger partial charge on any atom is 0.501 e. The van der Waals surface area contributed by atoms with Crippen LogP contribution in [0, 0.1) is 0 Å². The average Bonchev–Trinajstić information content (AvgIpc) is 3.73. The highest BCUT2D eigenvalue weighted by Crippen LogP contribution is 2.44. The standard InChI is InChI=1S/C45H50N6O19S/c1-3-45(60)28-20-30-35-26(21-51(30)41(56)27(28)22-66-44(45)59)24-5-4-6-25-31(10-8-29(48-35)34(24)25)69-71(61,62)70-33-19-23(7-9-32(33)67-43-38(54)36(52)37(53)39(68-43)42(57)58)40(55)50(2)12-14-64-16-18-65-17-15-63-13-11-47-49-46/h7-10,19-20,36-39,43,52-54,60H,3-6,11-18,21-22H2,1-2H3,(H,57,58)/t36-,37-,38+,39-,43?,45-/m0/s1. The fourth-order valence-corrected chi connectivity index (χ4v) is 9.66. The number of pyridine rings is 2. The number of aliphatic carboxylic acids is 1. The molecule has 6 atom stereocenters. The maximum atomic E-state index is 14.0. The Bertz CT molecular complexity index is 2960. The molecule has 0 radical (unpaired) electrons. The van der Waals surface area contributed by atoms with E-state index in [4.69, 9.17) is 47.3 Å². The lowest BCUT2D eigenvalue weighted by Gasteiger charge is -2.38. The molecule has 1 amide bonds. The number of hydrogen-bond acceptors (Lipinski definition) is 20. The molecule has 2 aromatic heterocycles. The zero-order valence-corrected chi connectivity index (χ0v) is 39.1. The quantitative estimate of drug-likeness (QED) is 0.0225. The van der Waals surface area contributed by atoms with E-state index in [2.05, 4.69) is 10.0 Å². The number of likely N-dealkylation sites (N-methyl/N-ethyl adjacent to an activating group) is 1. The molecule has 1 saturated heterocycles. The van der Waals surface area contributed by atoms with Gasteiger partial charge < -0.3 is 71.8 Å². The van der Waals surface area contributed by atoms with Crippen LogP contribution in [0.2, 0.25) is 0 Å². The highest BCUT2D eigenvalue weighted by molar-refractivity contribution is 7.82. The molecule has 8 rings (SSSR count). The van der Waals surface area contributed by atoms with Crippen LogP contribution in [0.15, 0.2) is 46.3 Å². The summed E-state index contributed by atoms with van der Waals surface area (Å²) in [6.07, 6.45) is -8.88. The highest BCUT2D eigenvalue weighted by Gasteiger charge is 2.49. The Balaban J connectivity index is 1.03. The number of ether oxygens (including phenoxy) is 6. The number of amides is 1. The van der Waals surface area contributed by atoms with E-state index in [1.165, 1.54) is 34.7 Å². The van der Waals surface area contributed by atoms with E-state index >= 15 is 0 Å². The van der Waals surface area contributed by atoms with Crippen molar-refractivity contribution in [3.8, 4) is 28.6 Å². The number of cyclic esters (lactones) is 1. The van der Waals surface area contributed by atoms with E-state index in [9.17, 15) is 53.1 Å².